The van der Waals surface area contributed by atoms with Crippen LogP contribution in [0.25, 0.3) is 0 Å². The Morgan fingerprint density at radius 2 is 1.81 bits per heavy atom. The fraction of sp³-hybridized carbons (Fsp3) is 0.333. The van der Waals surface area contributed by atoms with Crippen molar-refractivity contribution in [2.24, 2.45) is 5.16 Å². The van der Waals surface area contributed by atoms with Crippen LogP contribution < -0.4 is 4.90 Å². The molecule has 0 saturated heterocycles. The Morgan fingerprint density at radius 3 is 2.33 bits per heavy atom. The van der Waals surface area contributed by atoms with Crippen LogP contribution in [0.5, 0.6) is 0 Å². The smallest absolute Gasteiger partial charge is 0.374 e. The lowest BCUT2D eigenvalue weighted by Crippen LogP contribution is -2.43. The number of alkyl halides is 6. The summed E-state index contributed by atoms with van der Waals surface area (Å²) in [5.41, 5.74) is -5.41. The van der Waals surface area contributed by atoms with E-state index in [1.807, 2.05) is 0 Å². The molecule has 1 aliphatic heterocycles. The van der Waals surface area contributed by atoms with Crippen LogP contribution in [-0.4, -0.2) is 45.3 Å². The molecule has 0 aromatic heterocycles. The van der Waals surface area contributed by atoms with E-state index in [4.69, 9.17) is 16.4 Å². The number of sulfone groups is 1. The summed E-state index contributed by atoms with van der Waals surface area (Å²) < 4.78 is 105. The number of oxime groups is 1. The first kappa shape index (κ1) is 28.3. The van der Waals surface area contributed by atoms with Crippen molar-refractivity contribution in [3.63, 3.8) is 0 Å². The summed E-state index contributed by atoms with van der Waals surface area (Å²) in [6.45, 7) is 0. The largest absolute Gasteiger partial charge is 0.435 e. The molecule has 1 atom stereocenters. The average Bonchev–Trinajstić information content (AvgIpc) is 3.18. The second kappa shape index (κ2) is 9.53. The minimum absolute atomic E-state index is 0.0601. The molecule has 0 fully saturated rings. The van der Waals surface area contributed by atoms with Crippen LogP contribution >= 0.6 is 27.5 Å². The lowest BCUT2D eigenvalue weighted by atomic mass is 9.85. The maximum atomic E-state index is 14.2. The summed E-state index contributed by atoms with van der Waals surface area (Å²) >= 11 is 9.01. The number of carbonyl (C=O) groups is 1. The van der Waals surface area contributed by atoms with Crippen molar-refractivity contribution in [1.29, 1.82) is 0 Å². The third kappa shape index (κ3) is 5.80. The van der Waals surface area contributed by atoms with E-state index in [0.29, 0.717) is 12.1 Å². The Hall–Kier alpha value is -2.32. The number of hydrogen-bond acceptors (Lipinski definition) is 5. The molecule has 1 amide bonds. The number of hydrogen-bond donors (Lipinski definition) is 0. The summed E-state index contributed by atoms with van der Waals surface area (Å²) in [6, 6.07) is 5.62. The molecule has 0 aliphatic carbocycles. The molecule has 0 spiro atoms. The van der Waals surface area contributed by atoms with Gasteiger partial charge in [0.1, 0.15) is 5.75 Å². The number of amides is 1. The van der Waals surface area contributed by atoms with E-state index < -0.39 is 57.0 Å². The van der Waals surface area contributed by atoms with E-state index in [0.717, 1.165) is 17.2 Å². The molecule has 36 heavy (non-hydrogen) atoms. The van der Waals surface area contributed by atoms with E-state index >= 15 is 0 Å². The first-order valence-electron chi connectivity index (χ1n) is 9.78. The monoisotopic (exact) mass is 620 g/mol. The van der Waals surface area contributed by atoms with E-state index in [-0.39, 0.29) is 26.5 Å². The Balaban J connectivity index is 1.96. The molecule has 2 aromatic carbocycles. The summed E-state index contributed by atoms with van der Waals surface area (Å²) in [6.07, 6.45) is -10.1. The molecule has 0 radical (unpaired) electrons. The molecule has 3 rings (SSSR count). The van der Waals surface area contributed by atoms with Gasteiger partial charge in [-0.1, -0.05) is 38.8 Å². The van der Waals surface area contributed by atoms with Gasteiger partial charge < -0.3 is 9.74 Å². The summed E-state index contributed by atoms with van der Waals surface area (Å²) in [7, 11) is -2.36. The van der Waals surface area contributed by atoms with Gasteiger partial charge in [0, 0.05) is 35.3 Å². The molecular weight excluding hydrogens is 606 g/mol. The van der Waals surface area contributed by atoms with Crippen molar-refractivity contribution in [3.05, 3.63) is 62.6 Å². The number of carbonyl (C=O) groups excluding carboxylic acids is 1. The van der Waals surface area contributed by atoms with Gasteiger partial charge in [-0.3, -0.25) is 4.79 Å². The van der Waals surface area contributed by atoms with Crippen LogP contribution in [-0.2, 0) is 31.2 Å². The first-order chi connectivity index (χ1) is 16.3. The maximum absolute atomic E-state index is 14.2. The Bertz CT molecular complexity index is 1350. The van der Waals surface area contributed by atoms with E-state index in [1.54, 1.807) is 0 Å². The Labute approximate surface area is 214 Å². The maximum Gasteiger partial charge on any atom is 0.435 e. The predicted molar refractivity (Wildman–Crippen MR) is 124 cm³/mol. The topological polar surface area (TPSA) is 76.0 Å². The standard InChI is InChI=1S/C21H16BrClF6N2O4S/c1-31(18(32)10-36(2,33)34)17-4-3-11(5-15(17)23)16-9-19(35-30-16,21(27,28)29)12-6-13(20(24,25)26)8-14(22)7-12/h3-8H,9-10H2,1-2H3. The third-order valence-electron chi connectivity index (χ3n) is 5.28. The number of rotatable bonds is 5. The second-order valence-corrected chi connectivity index (χ2v) is 11.5. The van der Waals surface area contributed by atoms with Crippen molar-refractivity contribution in [2.45, 2.75) is 24.4 Å². The Kier molecular flexibility index (Phi) is 7.48. The zero-order valence-corrected chi connectivity index (χ0v) is 21.5. The predicted octanol–water partition coefficient (Wildman–Crippen LogP) is 5.71. The van der Waals surface area contributed by atoms with Crippen molar-refractivity contribution >= 4 is 54.7 Å². The van der Waals surface area contributed by atoms with E-state index in [2.05, 4.69) is 21.1 Å². The van der Waals surface area contributed by atoms with E-state index in [9.17, 15) is 39.6 Å². The lowest BCUT2D eigenvalue weighted by Gasteiger charge is -2.30. The summed E-state index contributed by atoms with van der Waals surface area (Å²) in [5.74, 6) is -1.58. The van der Waals surface area contributed by atoms with Crippen molar-refractivity contribution in [1.82, 2.24) is 0 Å². The van der Waals surface area contributed by atoms with Crippen LogP contribution in [0.3, 0.4) is 0 Å². The normalized spacial score (nSPS) is 18.6. The van der Waals surface area contributed by atoms with Crippen LogP contribution in [0.15, 0.2) is 46.0 Å². The minimum atomic E-state index is -5.15. The number of benzene rings is 2. The second-order valence-electron chi connectivity index (χ2n) is 8.05. The van der Waals surface area contributed by atoms with Gasteiger partial charge in [-0.2, -0.15) is 26.3 Å². The van der Waals surface area contributed by atoms with E-state index in [1.165, 1.54) is 25.2 Å². The Morgan fingerprint density at radius 1 is 1.17 bits per heavy atom. The number of anilines is 1. The van der Waals surface area contributed by atoms with Gasteiger partial charge in [0.05, 0.1) is 22.0 Å². The average molecular weight is 622 g/mol. The molecule has 6 nitrogen and oxygen atoms in total. The summed E-state index contributed by atoms with van der Waals surface area (Å²) in [4.78, 5) is 17.9. The SMILES string of the molecule is CN(C(=O)CS(C)(=O)=O)c1ccc(C2=NOC(c3cc(Br)cc(C(F)(F)F)c3)(C(F)(F)F)C2)cc1Cl. The van der Waals surface area contributed by atoms with Gasteiger partial charge in [-0.15, -0.1) is 0 Å². The molecule has 15 heteroatoms. The fourth-order valence-corrected chi connectivity index (χ4v) is 4.90. The van der Waals surface area contributed by atoms with Gasteiger partial charge in [-0.05, 0) is 30.3 Å². The third-order valence-corrected chi connectivity index (χ3v) is 6.81. The molecular formula is C21H16BrClF6N2O4S. The number of halogens is 8. The molecule has 0 saturated carbocycles. The number of nitrogens with zero attached hydrogens (tertiary/aromatic N) is 2. The van der Waals surface area contributed by atoms with Crippen LogP contribution in [0.1, 0.15) is 23.1 Å². The molecule has 1 unspecified atom stereocenters. The molecule has 1 aliphatic rings. The molecule has 196 valence electrons. The van der Waals surface area contributed by atoms with Crippen molar-refractivity contribution in [3.8, 4) is 0 Å². The highest BCUT2D eigenvalue weighted by molar-refractivity contribution is 9.10. The highest BCUT2D eigenvalue weighted by Gasteiger charge is 2.62. The van der Waals surface area contributed by atoms with Crippen molar-refractivity contribution < 1.29 is 44.4 Å². The zero-order chi connectivity index (χ0) is 27.3. The van der Waals surface area contributed by atoms with Gasteiger partial charge >= 0.3 is 12.4 Å². The van der Waals surface area contributed by atoms with Gasteiger partial charge in [0.15, 0.2) is 9.84 Å². The first-order valence-corrected chi connectivity index (χ1v) is 13.0. The fourth-order valence-electron chi connectivity index (χ4n) is 3.46. The van der Waals surface area contributed by atoms with Crippen LogP contribution in [0.2, 0.25) is 5.02 Å². The molecule has 1 heterocycles. The summed E-state index contributed by atoms with van der Waals surface area (Å²) in [5, 5.41) is 3.40. The van der Waals surface area contributed by atoms with Gasteiger partial charge in [0.25, 0.3) is 5.60 Å². The van der Waals surface area contributed by atoms with Crippen molar-refractivity contribution in [2.75, 3.05) is 24.0 Å². The molecule has 0 N–H and O–H groups in total. The zero-order valence-electron chi connectivity index (χ0n) is 18.3. The molecule has 0 bridgehead atoms. The quantitative estimate of drug-likeness (QED) is 0.401. The lowest BCUT2D eigenvalue weighted by molar-refractivity contribution is -0.276. The van der Waals surface area contributed by atoms with Gasteiger partial charge in [-0.25, -0.2) is 8.42 Å². The highest BCUT2D eigenvalue weighted by Crippen LogP contribution is 2.50. The minimum Gasteiger partial charge on any atom is -0.374 e. The van der Waals surface area contributed by atoms with Crippen LogP contribution in [0.4, 0.5) is 32.0 Å². The highest BCUT2D eigenvalue weighted by atomic mass is 79.9. The van der Waals surface area contributed by atoms with Gasteiger partial charge in [0.2, 0.25) is 5.91 Å². The van der Waals surface area contributed by atoms with Crippen LogP contribution in [0, 0.1) is 0 Å². The molecule has 2 aromatic rings.